The SMILES string of the molecule is CC(=O)O[C@H]1C[C@H](OCc2ccccc2)[C@H]2OC[C@@H]1N2S(=O)(=O)c1ccc(C)cc1. The Labute approximate surface area is 176 Å². The molecule has 0 N–H and O–H groups in total. The summed E-state index contributed by atoms with van der Waals surface area (Å²) >= 11 is 0. The normalized spacial score (nSPS) is 26.5. The molecule has 30 heavy (non-hydrogen) atoms. The number of hydrogen-bond acceptors (Lipinski definition) is 6. The zero-order chi connectivity index (χ0) is 21.3. The van der Waals surface area contributed by atoms with E-state index in [-0.39, 0.29) is 11.5 Å². The van der Waals surface area contributed by atoms with E-state index < -0.39 is 40.5 Å². The summed E-state index contributed by atoms with van der Waals surface area (Å²) in [5, 5.41) is 0. The van der Waals surface area contributed by atoms with Crippen LogP contribution in [0.4, 0.5) is 0 Å². The number of aryl methyl sites for hydroxylation is 1. The van der Waals surface area contributed by atoms with Gasteiger partial charge < -0.3 is 14.2 Å². The first-order valence-electron chi connectivity index (χ1n) is 9.91. The number of nitrogens with zero attached hydrogens (tertiary/aromatic N) is 1. The maximum atomic E-state index is 13.5. The molecule has 4 atom stereocenters. The van der Waals surface area contributed by atoms with Crippen molar-refractivity contribution < 1.29 is 27.4 Å². The van der Waals surface area contributed by atoms with Crippen molar-refractivity contribution in [3.05, 3.63) is 65.7 Å². The molecule has 2 saturated heterocycles. The molecular formula is C22H25NO6S. The Kier molecular flexibility index (Phi) is 5.92. The van der Waals surface area contributed by atoms with Gasteiger partial charge in [-0.2, -0.15) is 4.31 Å². The van der Waals surface area contributed by atoms with Crippen LogP contribution in [0.5, 0.6) is 0 Å². The summed E-state index contributed by atoms with van der Waals surface area (Å²) in [5.74, 6) is -0.458. The molecule has 0 radical (unpaired) electrons. The number of fused-ring (bicyclic) bond motifs is 2. The number of carbonyl (C=O) groups is 1. The number of sulfonamides is 1. The van der Waals surface area contributed by atoms with Gasteiger partial charge in [0.05, 0.1) is 24.2 Å². The van der Waals surface area contributed by atoms with Gasteiger partial charge in [0, 0.05) is 13.3 Å². The van der Waals surface area contributed by atoms with E-state index in [1.165, 1.54) is 11.2 Å². The Morgan fingerprint density at radius 2 is 1.80 bits per heavy atom. The molecule has 2 aromatic rings. The molecule has 2 bridgehead atoms. The predicted octanol–water partition coefficient (Wildman–Crippen LogP) is 2.63. The average Bonchev–Trinajstić information content (AvgIpc) is 3.10. The standard InChI is InChI=1S/C22H25NO6S/c1-15-8-10-18(11-9-15)30(25,26)23-19-14-28-22(23)21(12-20(19)29-16(2)24)27-13-17-6-4-3-5-7-17/h3-11,19-22H,12-14H2,1-2H3/t19-,20-,21-,22+/m0/s1. The molecule has 4 rings (SSSR count). The summed E-state index contributed by atoms with van der Waals surface area (Å²) in [4.78, 5) is 11.8. The Morgan fingerprint density at radius 1 is 1.10 bits per heavy atom. The molecule has 2 fully saturated rings. The van der Waals surface area contributed by atoms with Gasteiger partial charge in [-0.15, -0.1) is 0 Å². The van der Waals surface area contributed by atoms with E-state index in [2.05, 4.69) is 0 Å². The molecule has 160 valence electrons. The predicted molar refractivity (Wildman–Crippen MR) is 109 cm³/mol. The third-order valence-electron chi connectivity index (χ3n) is 5.45. The highest BCUT2D eigenvalue weighted by molar-refractivity contribution is 7.89. The fourth-order valence-electron chi connectivity index (χ4n) is 3.99. The van der Waals surface area contributed by atoms with Gasteiger partial charge in [0.25, 0.3) is 0 Å². The molecule has 8 heteroatoms. The van der Waals surface area contributed by atoms with Crippen molar-refractivity contribution in [2.45, 2.75) is 56.2 Å². The molecule has 0 unspecified atom stereocenters. The van der Waals surface area contributed by atoms with E-state index in [0.29, 0.717) is 13.0 Å². The Bertz CT molecular complexity index is 992. The van der Waals surface area contributed by atoms with Gasteiger partial charge in [-0.05, 0) is 24.6 Å². The van der Waals surface area contributed by atoms with Crippen LogP contribution in [0, 0.1) is 6.92 Å². The van der Waals surface area contributed by atoms with Gasteiger partial charge in [-0.1, -0.05) is 48.0 Å². The lowest BCUT2D eigenvalue weighted by Crippen LogP contribution is -2.58. The lowest BCUT2D eigenvalue weighted by molar-refractivity contribution is -0.159. The summed E-state index contributed by atoms with van der Waals surface area (Å²) in [7, 11) is -3.86. The van der Waals surface area contributed by atoms with Crippen molar-refractivity contribution >= 4 is 16.0 Å². The van der Waals surface area contributed by atoms with Gasteiger partial charge >= 0.3 is 5.97 Å². The van der Waals surface area contributed by atoms with Crippen molar-refractivity contribution in [3.63, 3.8) is 0 Å². The second-order valence-electron chi connectivity index (χ2n) is 7.66. The monoisotopic (exact) mass is 431 g/mol. The highest BCUT2D eigenvalue weighted by Gasteiger charge is 2.55. The van der Waals surface area contributed by atoms with Crippen molar-refractivity contribution in [2.24, 2.45) is 0 Å². The fraction of sp³-hybridized carbons (Fsp3) is 0.409. The van der Waals surface area contributed by atoms with Gasteiger partial charge in [0.2, 0.25) is 10.0 Å². The second-order valence-corrected chi connectivity index (χ2v) is 9.50. The second kappa shape index (κ2) is 8.47. The molecule has 2 aliphatic heterocycles. The summed E-state index contributed by atoms with van der Waals surface area (Å²) in [6.45, 7) is 3.68. The smallest absolute Gasteiger partial charge is 0.302 e. The highest BCUT2D eigenvalue weighted by Crippen LogP contribution is 2.38. The summed E-state index contributed by atoms with van der Waals surface area (Å²) in [6.07, 6.45) is -1.59. The molecule has 0 amide bonds. The van der Waals surface area contributed by atoms with E-state index >= 15 is 0 Å². The lowest BCUT2D eigenvalue weighted by Gasteiger charge is -2.40. The molecule has 2 aromatic carbocycles. The minimum absolute atomic E-state index is 0.152. The van der Waals surface area contributed by atoms with E-state index in [1.54, 1.807) is 24.3 Å². The Hall–Kier alpha value is -2.26. The zero-order valence-electron chi connectivity index (χ0n) is 16.9. The van der Waals surface area contributed by atoms with Crippen molar-refractivity contribution in [1.82, 2.24) is 4.31 Å². The molecule has 0 saturated carbocycles. The van der Waals surface area contributed by atoms with Crippen molar-refractivity contribution in [1.29, 1.82) is 0 Å². The largest absolute Gasteiger partial charge is 0.461 e. The van der Waals surface area contributed by atoms with Gasteiger partial charge in [0.15, 0.2) is 6.23 Å². The molecule has 7 nitrogen and oxygen atoms in total. The molecule has 0 spiro atoms. The van der Waals surface area contributed by atoms with E-state index in [9.17, 15) is 13.2 Å². The summed E-state index contributed by atoms with van der Waals surface area (Å²) in [6, 6.07) is 15.7. The number of piperidine rings is 1. The number of hydrogen-bond donors (Lipinski definition) is 0. The quantitative estimate of drug-likeness (QED) is 0.654. The van der Waals surface area contributed by atoms with Crippen LogP contribution in [0.2, 0.25) is 0 Å². The van der Waals surface area contributed by atoms with Crippen molar-refractivity contribution in [3.8, 4) is 0 Å². The van der Waals surface area contributed by atoms with Crippen LogP contribution in [0.3, 0.4) is 0 Å². The fourth-order valence-corrected chi connectivity index (χ4v) is 5.74. The molecule has 0 aliphatic carbocycles. The molecule has 2 aliphatic rings. The number of ether oxygens (including phenoxy) is 3. The maximum absolute atomic E-state index is 13.5. The Balaban J connectivity index is 1.63. The zero-order valence-corrected chi connectivity index (χ0v) is 17.7. The van der Waals surface area contributed by atoms with Crippen LogP contribution in [0.25, 0.3) is 0 Å². The van der Waals surface area contributed by atoms with Crippen LogP contribution in [0.15, 0.2) is 59.5 Å². The molecule has 2 heterocycles. The van der Waals surface area contributed by atoms with Crippen LogP contribution < -0.4 is 0 Å². The Morgan fingerprint density at radius 3 is 2.47 bits per heavy atom. The number of rotatable bonds is 6. The first-order chi connectivity index (χ1) is 14.4. The highest BCUT2D eigenvalue weighted by atomic mass is 32.2. The number of carbonyl (C=O) groups excluding carboxylic acids is 1. The molecular weight excluding hydrogens is 406 g/mol. The van der Waals surface area contributed by atoms with E-state index in [1.807, 2.05) is 37.3 Å². The van der Waals surface area contributed by atoms with Gasteiger partial charge in [0.1, 0.15) is 12.2 Å². The van der Waals surface area contributed by atoms with Crippen molar-refractivity contribution in [2.75, 3.05) is 6.61 Å². The van der Waals surface area contributed by atoms with Crippen LogP contribution in [-0.2, 0) is 35.6 Å². The summed E-state index contributed by atoms with van der Waals surface area (Å²) < 4.78 is 45.7. The minimum atomic E-state index is -3.86. The topological polar surface area (TPSA) is 82.1 Å². The first-order valence-corrected chi connectivity index (χ1v) is 11.3. The third-order valence-corrected chi connectivity index (χ3v) is 7.35. The number of benzene rings is 2. The average molecular weight is 432 g/mol. The van der Waals surface area contributed by atoms with Gasteiger partial charge in [-0.25, -0.2) is 8.42 Å². The third kappa shape index (κ3) is 4.13. The summed E-state index contributed by atoms with van der Waals surface area (Å²) in [5.41, 5.74) is 1.93. The lowest BCUT2D eigenvalue weighted by atomic mass is 10.00. The van der Waals surface area contributed by atoms with Gasteiger partial charge in [-0.3, -0.25) is 4.79 Å². The van der Waals surface area contributed by atoms with Crippen LogP contribution in [-0.4, -0.2) is 49.8 Å². The first kappa shape index (κ1) is 21.0. The van der Waals surface area contributed by atoms with Crippen LogP contribution >= 0.6 is 0 Å². The van der Waals surface area contributed by atoms with E-state index in [0.717, 1.165) is 11.1 Å². The molecule has 0 aromatic heterocycles. The number of esters is 1. The minimum Gasteiger partial charge on any atom is -0.461 e. The maximum Gasteiger partial charge on any atom is 0.302 e. The van der Waals surface area contributed by atoms with E-state index in [4.69, 9.17) is 14.2 Å². The van der Waals surface area contributed by atoms with Crippen LogP contribution in [0.1, 0.15) is 24.5 Å².